The number of fused-ring (bicyclic) bond motifs is 3. The van der Waals surface area contributed by atoms with Crippen LogP contribution < -0.4 is 0 Å². The van der Waals surface area contributed by atoms with Crippen LogP contribution in [-0.4, -0.2) is 49.4 Å². The molecule has 0 radical (unpaired) electrons. The number of hydrogen-bond donors (Lipinski definition) is 0. The Morgan fingerprint density at radius 1 is 1.07 bits per heavy atom. The fourth-order valence-electron chi connectivity index (χ4n) is 4.02. The lowest BCUT2D eigenvalue weighted by molar-refractivity contribution is 0.0342. The Hall–Kier alpha value is -2.19. The van der Waals surface area contributed by atoms with Gasteiger partial charge >= 0.3 is 0 Å². The van der Waals surface area contributed by atoms with Gasteiger partial charge in [-0.05, 0) is 23.8 Å². The zero-order valence-corrected chi connectivity index (χ0v) is 17.3. The van der Waals surface area contributed by atoms with Crippen molar-refractivity contribution in [2.75, 3.05) is 26.3 Å². The van der Waals surface area contributed by atoms with Gasteiger partial charge in [0.05, 0.1) is 46.5 Å². The molecule has 1 fully saturated rings. The lowest BCUT2D eigenvalue weighted by Crippen LogP contribution is -2.35. The molecule has 0 spiro atoms. The zero-order chi connectivity index (χ0) is 20.0. The molecule has 0 unspecified atom stereocenters. The second-order valence-electron chi connectivity index (χ2n) is 7.36. The number of sulfone groups is 1. The second kappa shape index (κ2) is 7.25. The van der Waals surface area contributed by atoms with Crippen molar-refractivity contribution in [3.05, 3.63) is 64.8 Å². The van der Waals surface area contributed by atoms with Gasteiger partial charge in [0.1, 0.15) is 0 Å². The molecule has 6 nitrogen and oxygen atoms in total. The molecule has 2 aromatic carbocycles. The van der Waals surface area contributed by atoms with E-state index in [1.54, 1.807) is 29.1 Å². The highest BCUT2D eigenvalue weighted by Crippen LogP contribution is 2.42. The fourth-order valence-corrected chi connectivity index (χ4v) is 6.18. The van der Waals surface area contributed by atoms with E-state index in [9.17, 15) is 8.42 Å². The Labute approximate surface area is 174 Å². The topological polar surface area (TPSA) is 64.4 Å². The third-order valence-electron chi connectivity index (χ3n) is 5.41. The van der Waals surface area contributed by atoms with E-state index in [0.29, 0.717) is 11.1 Å². The Morgan fingerprint density at radius 2 is 1.83 bits per heavy atom. The van der Waals surface area contributed by atoms with Gasteiger partial charge in [-0.1, -0.05) is 35.9 Å². The average Bonchev–Trinajstić information content (AvgIpc) is 3.12. The van der Waals surface area contributed by atoms with Crippen LogP contribution in [0, 0.1) is 0 Å². The van der Waals surface area contributed by atoms with Gasteiger partial charge in [0.25, 0.3) is 0 Å². The van der Waals surface area contributed by atoms with Gasteiger partial charge in [-0.25, -0.2) is 13.1 Å². The first-order chi connectivity index (χ1) is 14.0. The van der Waals surface area contributed by atoms with Crippen LogP contribution in [0.25, 0.3) is 16.9 Å². The molecule has 2 aliphatic heterocycles. The molecule has 1 aromatic heterocycles. The van der Waals surface area contributed by atoms with Crippen molar-refractivity contribution in [2.24, 2.45) is 0 Å². The van der Waals surface area contributed by atoms with Crippen molar-refractivity contribution < 1.29 is 13.2 Å². The van der Waals surface area contributed by atoms with Crippen LogP contribution in [0.15, 0.2) is 53.6 Å². The van der Waals surface area contributed by atoms with Crippen molar-refractivity contribution >= 4 is 21.4 Å². The Kier molecular flexibility index (Phi) is 4.70. The summed E-state index contributed by atoms with van der Waals surface area (Å²) in [6.45, 7) is 4.34. The predicted molar refractivity (Wildman–Crippen MR) is 111 cm³/mol. The minimum absolute atomic E-state index is 0.0891. The summed E-state index contributed by atoms with van der Waals surface area (Å²) < 4.78 is 32.6. The van der Waals surface area contributed by atoms with E-state index >= 15 is 0 Å². The van der Waals surface area contributed by atoms with E-state index in [1.807, 2.05) is 12.1 Å². The van der Waals surface area contributed by atoms with Crippen LogP contribution >= 0.6 is 11.6 Å². The molecular weight excluding hydrogens is 410 g/mol. The maximum absolute atomic E-state index is 12.7. The van der Waals surface area contributed by atoms with Crippen molar-refractivity contribution in [1.29, 1.82) is 0 Å². The molecule has 2 aliphatic rings. The molecule has 0 saturated carbocycles. The van der Waals surface area contributed by atoms with E-state index in [4.69, 9.17) is 16.3 Å². The molecule has 3 aromatic rings. The maximum Gasteiger partial charge on any atom is 0.184 e. The summed E-state index contributed by atoms with van der Waals surface area (Å²) in [5.41, 5.74) is 4.20. The van der Waals surface area contributed by atoms with E-state index in [0.717, 1.165) is 44.2 Å². The Bertz CT molecular complexity index is 1170. The molecule has 0 atom stereocenters. The minimum atomic E-state index is -3.48. The summed E-state index contributed by atoms with van der Waals surface area (Å²) in [6.07, 6.45) is 1.64. The smallest absolute Gasteiger partial charge is 0.184 e. The fraction of sp³-hybridized carbons (Fsp3) is 0.286. The van der Waals surface area contributed by atoms with Gasteiger partial charge in [0, 0.05) is 30.8 Å². The van der Waals surface area contributed by atoms with Crippen molar-refractivity contribution in [3.63, 3.8) is 0 Å². The summed E-state index contributed by atoms with van der Waals surface area (Å²) in [4.78, 5) is 2.57. The number of ether oxygens (including phenoxy) is 1. The van der Waals surface area contributed by atoms with Gasteiger partial charge in [-0.2, -0.15) is 5.10 Å². The van der Waals surface area contributed by atoms with Crippen LogP contribution in [0.5, 0.6) is 0 Å². The first-order valence-electron chi connectivity index (χ1n) is 9.51. The molecule has 3 heterocycles. The molecule has 8 heteroatoms. The van der Waals surface area contributed by atoms with Crippen LogP contribution in [0.1, 0.15) is 11.1 Å². The lowest BCUT2D eigenvalue weighted by Gasteiger charge is -2.26. The van der Waals surface area contributed by atoms with Crippen molar-refractivity contribution in [3.8, 4) is 16.9 Å². The van der Waals surface area contributed by atoms with Crippen LogP contribution in [-0.2, 0) is 26.9 Å². The number of aromatic nitrogens is 2. The monoisotopic (exact) mass is 429 g/mol. The molecule has 0 amide bonds. The van der Waals surface area contributed by atoms with Crippen molar-refractivity contribution in [2.45, 2.75) is 17.2 Å². The number of halogens is 1. The molecule has 5 rings (SSSR count). The number of benzene rings is 2. The highest BCUT2D eigenvalue weighted by Gasteiger charge is 2.33. The van der Waals surface area contributed by atoms with Crippen molar-refractivity contribution in [1.82, 2.24) is 14.7 Å². The normalized spacial score (nSPS) is 18.2. The highest BCUT2D eigenvalue weighted by molar-refractivity contribution is 7.91. The third-order valence-corrected chi connectivity index (χ3v) is 7.59. The largest absolute Gasteiger partial charge is 0.379 e. The summed E-state index contributed by atoms with van der Waals surface area (Å²) in [5, 5.41) is 4.74. The molecule has 150 valence electrons. The van der Waals surface area contributed by atoms with Gasteiger partial charge in [0.2, 0.25) is 0 Å². The van der Waals surface area contributed by atoms with Gasteiger partial charge in [-0.15, -0.1) is 0 Å². The van der Waals surface area contributed by atoms with Gasteiger partial charge in [-0.3, -0.25) is 4.90 Å². The van der Waals surface area contributed by atoms with E-state index in [-0.39, 0.29) is 15.7 Å². The maximum atomic E-state index is 12.7. The first-order valence-corrected chi connectivity index (χ1v) is 11.5. The zero-order valence-electron chi connectivity index (χ0n) is 15.7. The number of morpholine rings is 1. The summed E-state index contributed by atoms with van der Waals surface area (Å²) in [6, 6.07) is 13.4. The first kappa shape index (κ1) is 18.8. The molecule has 0 N–H and O–H groups in total. The lowest BCUT2D eigenvalue weighted by atomic mass is 10.1. The molecule has 29 heavy (non-hydrogen) atoms. The number of rotatable bonds is 3. The van der Waals surface area contributed by atoms with E-state index in [1.165, 1.54) is 5.56 Å². The highest BCUT2D eigenvalue weighted by atomic mass is 35.5. The van der Waals surface area contributed by atoms with Crippen LogP contribution in [0.3, 0.4) is 0 Å². The minimum Gasteiger partial charge on any atom is -0.379 e. The Morgan fingerprint density at radius 3 is 2.59 bits per heavy atom. The van der Waals surface area contributed by atoms with E-state index in [2.05, 4.69) is 22.1 Å². The van der Waals surface area contributed by atoms with Gasteiger partial charge < -0.3 is 4.74 Å². The molecule has 1 saturated heterocycles. The predicted octanol–water partition coefficient (Wildman–Crippen LogP) is 3.31. The quantitative estimate of drug-likeness (QED) is 0.639. The van der Waals surface area contributed by atoms with Crippen LogP contribution in [0.2, 0.25) is 5.02 Å². The summed E-state index contributed by atoms with van der Waals surface area (Å²) in [7, 11) is -3.48. The van der Waals surface area contributed by atoms with Gasteiger partial charge in [0.15, 0.2) is 9.84 Å². The molecule has 0 bridgehead atoms. The van der Waals surface area contributed by atoms with E-state index < -0.39 is 9.84 Å². The molecular formula is C21H20ClN3O3S. The summed E-state index contributed by atoms with van der Waals surface area (Å²) in [5.74, 6) is -0.0891. The second-order valence-corrected chi connectivity index (χ2v) is 9.69. The van der Waals surface area contributed by atoms with Crippen LogP contribution in [0.4, 0.5) is 0 Å². The summed E-state index contributed by atoms with van der Waals surface area (Å²) >= 11 is 6.25. The standard InChI is InChI=1S/C21H20ClN3O3S/c22-19-3-1-2-18-20-16(14-29(26,27)21(18)19)12-23-25(20)17-6-4-15(5-7-17)13-24-8-10-28-11-9-24/h1-7,12H,8-11,13-14H2. The Balaban J connectivity index is 1.51. The molecule has 0 aliphatic carbocycles. The SMILES string of the molecule is O=S1(=O)Cc2cnn(-c3ccc(CN4CCOCC4)cc3)c2-c2cccc(Cl)c21. The number of hydrogen-bond acceptors (Lipinski definition) is 5. The average molecular weight is 430 g/mol. The number of nitrogens with zero attached hydrogens (tertiary/aromatic N) is 3. The third kappa shape index (κ3) is 3.38.